The van der Waals surface area contributed by atoms with Gasteiger partial charge in [0.2, 0.25) is 5.91 Å². The van der Waals surface area contributed by atoms with Crippen LogP contribution in [0.5, 0.6) is 0 Å². The van der Waals surface area contributed by atoms with E-state index < -0.39 is 17.9 Å². The molecule has 0 bridgehead atoms. The zero-order valence-corrected chi connectivity index (χ0v) is 11.3. The van der Waals surface area contributed by atoms with E-state index >= 15 is 0 Å². The van der Waals surface area contributed by atoms with E-state index in [1.54, 1.807) is 19.1 Å². The Bertz CT molecular complexity index is 481. The van der Waals surface area contributed by atoms with E-state index in [4.69, 9.17) is 9.52 Å². The molecule has 0 atom stereocenters. The van der Waals surface area contributed by atoms with Crippen molar-refractivity contribution in [1.82, 2.24) is 10.6 Å². The van der Waals surface area contributed by atoms with Crippen LogP contribution < -0.4 is 10.6 Å². The van der Waals surface area contributed by atoms with Crippen LogP contribution in [0.3, 0.4) is 0 Å². The van der Waals surface area contributed by atoms with Crippen molar-refractivity contribution in [2.75, 3.05) is 0 Å². The van der Waals surface area contributed by atoms with Crippen LogP contribution in [0.25, 0.3) is 0 Å². The lowest BCUT2D eigenvalue weighted by Crippen LogP contribution is -2.38. The Morgan fingerprint density at radius 3 is 2.50 bits per heavy atom. The van der Waals surface area contributed by atoms with E-state index in [9.17, 15) is 14.4 Å². The molecule has 0 aliphatic heterocycles. The highest BCUT2D eigenvalue weighted by atomic mass is 16.4. The van der Waals surface area contributed by atoms with Gasteiger partial charge in [0.15, 0.2) is 0 Å². The normalized spacial score (nSPS) is 10.1. The lowest BCUT2D eigenvalue weighted by molar-refractivity contribution is -0.137. The van der Waals surface area contributed by atoms with Crippen molar-refractivity contribution in [3.8, 4) is 0 Å². The van der Waals surface area contributed by atoms with Gasteiger partial charge in [-0.3, -0.25) is 14.9 Å². The number of hydrogen-bond donors (Lipinski definition) is 3. The maximum Gasteiger partial charge on any atom is 0.321 e. The van der Waals surface area contributed by atoms with Gasteiger partial charge in [-0.15, -0.1) is 0 Å². The summed E-state index contributed by atoms with van der Waals surface area (Å²) in [5, 5.41) is 13.1. The minimum Gasteiger partial charge on any atom is -0.481 e. The molecule has 0 unspecified atom stereocenters. The number of unbranched alkanes of at least 4 members (excludes halogenated alkanes) is 1. The van der Waals surface area contributed by atoms with Crippen molar-refractivity contribution >= 4 is 17.9 Å². The van der Waals surface area contributed by atoms with E-state index in [2.05, 4.69) is 10.6 Å². The minimum absolute atomic E-state index is 0.0251. The van der Waals surface area contributed by atoms with E-state index in [1.165, 1.54) is 0 Å². The van der Waals surface area contributed by atoms with Gasteiger partial charge in [-0.2, -0.15) is 0 Å². The first kappa shape index (κ1) is 15.7. The van der Waals surface area contributed by atoms with Crippen LogP contribution in [0.4, 0.5) is 4.79 Å². The SMILES string of the molecule is Cc1ccc(CNC(=O)NC(=O)CCCCC(=O)O)o1. The Morgan fingerprint density at radius 1 is 1.20 bits per heavy atom. The largest absolute Gasteiger partial charge is 0.481 e. The topological polar surface area (TPSA) is 109 Å². The van der Waals surface area contributed by atoms with Gasteiger partial charge in [-0.05, 0) is 31.9 Å². The molecule has 110 valence electrons. The summed E-state index contributed by atoms with van der Waals surface area (Å²) in [5.41, 5.74) is 0. The Hall–Kier alpha value is -2.31. The monoisotopic (exact) mass is 282 g/mol. The Kier molecular flexibility index (Phi) is 6.28. The molecule has 0 radical (unpaired) electrons. The first-order valence-electron chi connectivity index (χ1n) is 6.32. The van der Waals surface area contributed by atoms with Gasteiger partial charge < -0.3 is 14.8 Å². The predicted molar refractivity (Wildman–Crippen MR) is 69.9 cm³/mol. The number of hydrogen-bond acceptors (Lipinski definition) is 4. The van der Waals surface area contributed by atoms with Gasteiger partial charge in [0, 0.05) is 12.8 Å². The van der Waals surface area contributed by atoms with Crippen molar-refractivity contribution in [3.63, 3.8) is 0 Å². The molecule has 7 nitrogen and oxygen atoms in total. The minimum atomic E-state index is -0.892. The number of carbonyl (C=O) groups is 3. The number of furan rings is 1. The van der Waals surface area contributed by atoms with Crippen molar-refractivity contribution in [3.05, 3.63) is 23.7 Å². The van der Waals surface area contributed by atoms with Gasteiger partial charge in [-0.25, -0.2) is 4.79 Å². The van der Waals surface area contributed by atoms with Crippen molar-refractivity contribution in [2.24, 2.45) is 0 Å². The summed E-state index contributed by atoms with van der Waals surface area (Å²) in [6.45, 7) is 2.00. The zero-order valence-electron chi connectivity index (χ0n) is 11.3. The van der Waals surface area contributed by atoms with E-state index in [-0.39, 0.29) is 19.4 Å². The summed E-state index contributed by atoms with van der Waals surface area (Å²) in [5.74, 6) is 0.0312. The summed E-state index contributed by atoms with van der Waals surface area (Å²) < 4.78 is 5.26. The summed E-state index contributed by atoms with van der Waals surface area (Å²) in [7, 11) is 0. The number of amides is 3. The summed E-state index contributed by atoms with van der Waals surface area (Å²) >= 11 is 0. The maximum absolute atomic E-state index is 11.4. The molecule has 1 rings (SSSR count). The third-order valence-electron chi connectivity index (χ3n) is 2.52. The fraction of sp³-hybridized carbons (Fsp3) is 0.462. The molecule has 0 aliphatic carbocycles. The van der Waals surface area contributed by atoms with Crippen molar-refractivity contribution in [2.45, 2.75) is 39.2 Å². The van der Waals surface area contributed by atoms with E-state index in [0.29, 0.717) is 18.6 Å². The molecular formula is C13H18N2O5. The maximum atomic E-state index is 11.4. The van der Waals surface area contributed by atoms with Crippen LogP contribution in [-0.2, 0) is 16.1 Å². The van der Waals surface area contributed by atoms with Crippen LogP contribution >= 0.6 is 0 Å². The van der Waals surface area contributed by atoms with E-state index in [1.807, 2.05) is 0 Å². The van der Waals surface area contributed by atoms with Gasteiger partial charge in [-0.1, -0.05) is 0 Å². The molecule has 3 N–H and O–H groups in total. The van der Waals surface area contributed by atoms with Crippen molar-refractivity contribution in [1.29, 1.82) is 0 Å². The van der Waals surface area contributed by atoms with Crippen LogP contribution in [0.15, 0.2) is 16.5 Å². The highest BCUT2D eigenvalue weighted by molar-refractivity contribution is 5.94. The molecule has 1 aromatic rings. The number of rotatable bonds is 7. The fourth-order valence-electron chi connectivity index (χ4n) is 1.54. The number of carboxylic acid groups (broad SMARTS) is 1. The second kappa shape index (κ2) is 7.98. The molecule has 0 aromatic carbocycles. The average molecular weight is 282 g/mol. The molecule has 0 spiro atoms. The second-order valence-electron chi connectivity index (χ2n) is 4.34. The molecule has 3 amide bonds. The van der Waals surface area contributed by atoms with Crippen LogP contribution in [-0.4, -0.2) is 23.0 Å². The van der Waals surface area contributed by atoms with Gasteiger partial charge in [0.1, 0.15) is 11.5 Å². The van der Waals surface area contributed by atoms with Crippen LogP contribution in [0.2, 0.25) is 0 Å². The Balaban J connectivity index is 2.14. The molecule has 1 aromatic heterocycles. The van der Waals surface area contributed by atoms with Gasteiger partial charge >= 0.3 is 12.0 Å². The molecule has 0 saturated carbocycles. The highest BCUT2D eigenvalue weighted by Gasteiger charge is 2.08. The smallest absolute Gasteiger partial charge is 0.321 e. The Morgan fingerprint density at radius 2 is 1.90 bits per heavy atom. The number of aryl methyl sites for hydroxylation is 1. The van der Waals surface area contributed by atoms with Crippen LogP contribution in [0, 0.1) is 6.92 Å². The lowest BCUT2D eigenvalue weighted by atomic mass is 10.2. The molecule has 7 heteroatoms. The van der Waals surface area contributed by atoms with Gasteiger partial charge in [0.25, 0.3) is 0 Å². The molecule has 0 aliphatic rings. The number of aliphatic carboxylic acids is 1. The molecular weight excluding hydrogens is 264 g/mol. The second-order valence-corrected chi connectivity index (χ2v) is 4.34. The van der Waals surface area contributed by atoms with Crippen molar-refractivity contribution < 1.29 is 23.9 Å². The molecule has 0 fully saturated rings. The lowest BCUT2D eigenvalue weighted by Gasteiger charge is -2.05. The quantitative estimate of drug-likeness (QED) is 0.657. The molecule has 0 saturated heterocycles. The van der Waals surface area contributed by atoms with E-state index in [0.717, 1.165) is 5.76 Å². The first-order valence-corrected chi connectivity index (χ1v) is 6.32. The molecule has 1 heterocycles. The standard InChI is InChI=1S/C13H18N2O5/c1-9-6-7-10(20-9)8-14-13(19)15-11(16)4-2-3-5-12(17)18/h6-7H,2-5,8H2,1H3,(H,17,18)(H2,14,15,16,19). The van der Waals surface area contributed by atoms with Gasteiger partial charge in [0.05, 0.1) is 6.54 Å². The first-order chi connectivity index (χ1) is 9.47. The molecule has 20 heavy (non-hydrogen) atoms. The third-order valence-corrected chi connectivity index (χ3v) is 2.52. The summed E-state index contributed by atoms with van der Waals surface area (Å²) in [4.78, 5) is 33.0. The number of urea groups is 1. The summed E-state index contributed by atoms with van der Waals surface area (Å²) in [6.07, 6.45) is 0.997. The Labute approximate surface area is 116 Å². The zero-order chi connectivity index (χ0) is 15.0. The fourth-order valence-corrected chi connectivity index (χ4v) is 1.54. The number of carboxylic acids is 1. The number of imide groups is 1. The number of carbonyl (C=O) groups excluding carboxylic acids is 2. The predicted octanol–water partition coefficient (Wildman–Crippen LogP) is 1.56. The number of nitrogens with one attached hydrogen (secondary N) is 2. The highest BCUT2D eigenvalue weighted by Crippen LogP contribution is 2.05. The third kappa shape index (κ3) is 6.58. The summed E-state index contributed by atoms with van der Waals surface area (Å²) in [6, 6.07) is 2.92. The average Bonchev–Trinajstić information content (AvgIpc) is 2.78. The van der Waals surface area contributed by atoms with Crippen LogP contribution in [0.1, 0.15) is 37.2 Å².